The van der Waals surface area contributed by atoms with Crippen LogP contribution >= 0.6 is 11.8 Å². The van der Waals surface area contributed by atoms with Crippen molar-refractivity contribution in [2.75, 3.05) is 27.4 Å². The molecule has 29 heavy (non-hydrogen) atoms. The van der Waals surface area contributed by atoms with Crippen molar-refractivity contribution in [1.82, 2.24) is 4.90 Å². The zero-order valence-electron chi connectivity index (χ0n) is 16.4. The molecule has 0 atom stereocenters. The Hall–Kier alpha value is -2.77. The second kappa shape index (κ2) is 10.1. The largest absolute Gasteiger partial charge is 0.493 e. The van der Waals surface area contributed by atoms with Gasteiger partial charge in [0.1, 0.15) is 6.61 Å². The number of carbonyl (C=O) groups excluding carboxylic acids is 2. The molecule has 7 heteroatoms. The van der Waals surface area contributed by atoms with Gasteiger partial charge in [0.25, 0.3) is 11.1 Å². The Morgan fingerprint density at radius 1 is 1.03 bits per heavy atom. The quantitative estimate of drug-likeness (QED) is 0.450. The molecule has 6 nitrogen and oxygen atoms in total. The highest BCUT2D eigenvalue weighted by molar-refractivity contribution is 8.18. The monoisotopic (exact) mass is 413 g/mol. The summed E-state index contributed by atoms with van der Waals surface area (Å²) >= 11 is 0.946. The van der Waals surface area contributed by atoms with Gasteiger partial charge in [-0.2, -0.15) is 0 Å². The van der Waals surface area contributed by atoms with Gasteiger partial charge in [-0.3, -0.25) is 14.5 Å². The van der Waals surface area contributed by atoms with Crippen LogP contribution in [0.3, 0.4) is 0 Å². The first kappa shape index (κ1) is 21.0. The summed E-state index contributed by atoms with van der Waals surface area (Å²) in [5.41, 5.74) is 1.80. The fourth-order valence-corrected chi connectivity index (χ4v) is 3.71. The number of amides is 2. The fraction of sp³-hybridized carbons (Fsp3) is 0.273. The van der Waals surface area contributed by atoms with Crippen LogP contribution in [0, 0.1) is 0 Å². The fourth-order valence-electron chi connectivity index (χ4n) is 2.84. The minimum atomic E-state index is -0.279. The Bertz CT molecular complexity index is 897. The Balaban J connectivity index is 1.75. The first-order valence-electron chi connectivity index (χ1n) is 9.21. The maximum atomic E-state index is 12.6. The van der Waals surface area contributed by atoms with Crippen LogP contribution in [-0.2, 0) is 16.1 Å². The molecule has 2 aromatic rings. The van der Waals surface area contributed by atoms with E-state index in [9.17, 15) is 9.59 Å². The van der Waals surface area contributed by atoms with Crippen LogP contribution in [0.2, 0.25) is 0 Å². The summed E-state index contributed by atoms with van der Waals surface area (Å²) in [4.78, 5) is 26.4. The molecule has 3 rings (SSSR count). The van der Waals surface area contributed by atoms with Crippen molar-refractivity contribution in [1.29, 1.82) is 0 Å². The van der Waals surface area contributed by atoms with Gasteiger partial charge in [-0.05, 0) is 47.5 Å². The molecule has 0 aliphatic carbocycles. The van der Waals surface area contributed by atoms with Crippen LogP contribution in [0.4, 0.5) is 4.79 Å². The average Bonchev–Trinajstić information content (AvgIpc) is 3.00. The van der Waals surface area contributed by atoms with Gasteiger partial charge in [0.05, 0.1) is 12.0 Å². The number of imide groups is 1. The second-order valence-electron chi connectivity index (χ2n) is 6.36. The number of benzene rings is 2. The lowest BCUT2D eigenvalue weighted by atomic mass is 10.1. The molecule has 0 unspecified atom stereocenters. The molecule has 0 aromatic heterocycles. The summed E-state index contributed by atoms with van der Waals surface area (Å²) in [6.45, 7) is 1.25. The smallest absolute Gasteiger partial charge is 0.293 e. The second-order valence-corrected chi connectivity index (χ2v) is 7.36. The summed E-state index contributed by atoms with van der Waals surface area (Å²) in [6.07, 6.45) is 2.32. The number of rotatable bonds is 9. The van der Waals surface area contributed by atoms with Gasteiger partial charge in [-0.25, -0.2) is 0 Å². The Labute approximate surface area is 174 Å². The normalized spacial score (nSPS) is 15.2. The number of hydrogen-bond acceptors (Lipinski definition) is 6. The van der Waals surface area contributed by atoms with Crippen LogP contribution in [0.15, 0.2) is 53.4 Å². The van der Waals surface area contributed by atoms with Crippen LogP contribution in [0.1, 0.15) is 17.5 Å². The van der Waals surface area contributed by atoms with Crippen molar-refractivity contribution in [3.8, 4) is 11.5 Å². The van der Waals surface area contributed by atoms with E-state index in [1.807, 2.05) is 36.4 Å². The molecule has 0 saturated carbocycles. The number of carbonyl (C=O) groups is 2. The molecule has 1 aliphatic heterocycles. The predicted molar refractivity (Wildman–Crippen MR) is 113 cm³/mol. The van der Waals surface area contributed by atoms with Crippen molar-refractivity contribution >= 4 is 29.0 Å². The minimum absolute atomic E-state index is 0.258. The van der Waals surface area contributed by atoms with Gasteiger partial charge in [-0.1, -0.05) is 36.4 Å². The van der Waals surface area contributed by atoms with E-state index in [1.54, 1.807) is 32.4 Å². The standard InChI is InChI=1S/C22H23NO5S/c1-26-12-6-11-23-21(24)20(29-22(23)25)14-17-9-10-18(27-2)19(13-17)28-15-16-7-4-3-5-8-16/h3-5,7-10,13-14H,6,11-12,15H2,1-2H3/b20-14+. The highest BCUT2D eigenvalue weighted by Crippen LogP contribution is 2.34. The van der Waals surface area contributed by atoms with E-state index >= 15 is 0 Å². The van der Waals surface area contributed by atoms with Crippen LogP contribution < -0.4 is 9.47 Å². The Kier molecular flexibility index (Phi) is 7.32. The molecule has 0 radical (unpaired) electrons. The van der Waals surface area contributed by atoms with E-state index in [0.29, 0.717) is 42.6 Å². The highest BCUT2D eigenvalue weighted by Gasteiger charge is 2.34. The third-order valence-electron chi connectivity index (χ3n) is 4.33. The first-order chi connectivity index (χ1) is 14.1. The van der Waals surface area contributed by atoms with Crippen LogP contribution in [0.25, 0.3) is 6.08 Å². The molecule has 152 valence electrons. The third kappa shape index (κ3) is 5.40. The van der Waals surface area contributed by atoms with Crippen molar-refractivity contribution in [3.63, 3.8) is 0 Å². The molecule has 2 aromatic carbocycles. The predicted octanol–water partition coefficient (Wildman–Crippen LogP) is 4.35. The number of ether oxygens (including phenoxy) is 3. The maximum absolute atomic E-state index is 12.6. The Morgan fingerprint density at radius 3 is 2.55 bits per heavy atom. The SMILES string of the molecule is COCCCN1C(=O)S/C(=C/c2ccc(OC)c(OCc3ccccc3)c2)C1=O. The van der Waals surface area contributed by atoms with E-state index in [1.165, 1.54) is 4.90 Å². The van der Waals surface area contributed by atoms with Gasteiger partial charge in [0, 0.05) is 20.3 Å². The number of methoxy groups -OCH3 is 2. The van der Waals surface area contributed by atoms with E-state index < -0.39 is 0 Å². The summed E-state index contributed by atoms with van der Waals surface area (Å²) in [5.74, 6) is 0.897. The molecular weight excluding hydrogens is 390 g/mol. The third-order valence-corrected chi connectivity index (χ3v) is 5.23. The molecule has 1 heterocycles. The van der Waals surface area contributed by atoms with Crippen molar-refractivity contribution in [2.45, 2.75) is 13.0 Å². The van der Waals surface area contributed by atoms with E-state index in [4.69, 9.17) is 14.2 Å². The molecule has 1 fully saturated rings. The Morgan fingerprint density at radius 2 is 1.83 bits per heavy atom. The first-order valence-corrected chi connectivity index (χ1v) is 10.0. The molecule has 1 aliphatic rings. The van der Waals surface area contributed by atoms with Crippen LogP contribution in [0.5, 0.6) is 11.5 Å². The average molecular weight is 413 g/mol. The number of nitrogens with zero attached hydrogens (tertiary/aromatic N) is 1. The van der Waals surface area contributed by atoms with E-state index in [2.05, 4.69) is 0 Å². The van der Waals surface area contributed by atoms with Crippen molar-refractivity contribution < 1.29 is 23.8 Å². The number of thioether (sulfide) groups is 1. The topological polar surface area (TPSA) is 65.1 Å². The molecular formula is C22H23NO5S. The summed E-state index contributed by atoms with van der Waals surface area (Å²) in [6, 6.07) is 15.2. The van der Waals surface area contributed by atoms with Gasteiger partial charge in [0.2, 0.25) is 0 Å². The molecule has 1 saturated heterocycles. The van der Waals surface area contributed by atoms with Gasteiger partial charge in [-0.15, -0.1) is 0 Å². The number of hydrogen-bond donors (Lipinski definition) is 0. The summed E-state index contributed by atoms with van der Waals surface area (Å²) < 4.78 is 16.3. The van der Waals surface area contributed by atoms with Crippen molar-refractivity contribution in [3.05, 3.63) is 64.6 Å². The summed E-state index contributed by atoms with van der Waals surface area (Å²) in [7, 11) is 3.17. The van der Waals surface area contributed by atoms with Crippen molar-refractivity contribution in [2.24, 2.45) is 0 Å². The zero-order valence-corrected chi connectivity index (χ0v) is 17.2. The zero-order chi connectivity index (χ0) is 20.6. The van der Waals surface area contributed by atoms with Gasteiger partial charge >= 0.3 is 0 Å². The molecule has 2 amide bonds. The van der Waals surface area contributed by atoms with Gasteiger partial charge < -0.3 is 14.2 Å². The van der Waals surface area contributed by atoms with E-state index in [-0.39, 0.29) is 11.1 Å². The molecule has 0 N–H and O–H groups in total. The summed E-state index contributed by atoms with van der Waals surface area (Å²) in [5, 5.41) is -0.258. The van der Waals surface area contributed by atoms with Gasteiger partial charge in [0.15, 0.2) is 11.5 Å². The molecule has 0 spiro atoms. The highest BCUT2D eigenvalue weighted by atomic mass is 32.2. The lowest BCUT2D eigenvalue weighted by Gasteiger charge is -2.12. The minimum Gasteiger partial charge on any atom is -0.493 e. The molecule has 0 bridgehead atoms. The van der Waals surface area contributed by atoms with E-state index in [0.717, 1.165) is 22.9 Å². The lowest BCUT2D eigenvalue weighted by Crippen LogP contribution is -2.29. The van der Waals surface area contributed by atoms with Crippen LogP contribution in [-0.4, -0.2) is 43.4 Å². The maximum Gasteiger partial charge on any atom is 0.293 e. The lowest BCUT2D eigenvalue weighted by molar-refractivity contribution is -0.122.